The zero-order valence-electron chi connectivity index (χ0n) is 17.2. The highest BCUT2D eigenvalue weighted by molar-refractivity contribution is 5.61. The van der Waals surface area contributed by atoms with Gasteiger partial charge in [-0.25, -0.2) is 4.68 Å². The maximum absolute atomic E-state index is 12.7. The lowest BCUT2D eigenvalue weighted by molar-refractivity contribution is 0.105. The van der Waals surface area contributed by atoms with Gasteiger partial charge in [0.05, 0.1) is 18.2 Å². The molecule has 0 aliphatic rings. The SMILES string of the molecule is COCC(c1ccccc1)N(C)CCCCn1nccc(-c2ccccc2)c1=O. The fourth-order valence-electron chi connectivity index (χ4n) is 3.54. The molecule has 0 N–H and O–H groups in total. The summed E-state index contributed by atoms with van der Waals surface area (Å²) >= 11 is 0. The van der Waals surface area contributed by atoms with Crippen LogP contribution in [0.1, 0.15) is 24.4 Å². The first-order valence-corrected chi connectivity index (χ1v) is 10.1. The molecule has 1 aromatic heterocycles. The molecule has 3 aromatic rings. The van der Waals surface area contributed by atoms with E-state index in [1.807, 2.05) is 36.4 Å². The maximum Gasteiger partial charge on any atom is 0.274 e. The largest absolute Gasteiger partial charge is 0.383 e. The van der Waals surface area contributed by atoms with Gasteiger partial charge in [0.2, 0.25) is 0 Å². The monoisotopic (exact) mass is 391 g/mol. The molecule has 0 saturated heterocycles. The second kappa shape index (κ2) is 10.7. The van der Waals surface area contributed by atoms with Crippen LogP contribution < -0.4 is 5.56 Å². The smallest absolute Gasteiger partial charge is 0.274 e. The van der Waals surface area contributed by atoms with Crippen LogP contribution in [0.5, 0.6) is 0 Å². The van der Waals surface area contributed by atoms with E-state index in [1.54, 1.807) is 24.1 Å². The van der Waals surface area contributed by atoms with Crippen molar-refractivity contribution in [1.29, 1.82) is 0 Å². The highest BCUT2D eigenvalue weighted by atomic mass is 16.5. The van der Waals surface area contributed by atoms with E-state index in [2.05, 4.69) is 41.3 Å². The van der Waals surface area contributed by atoms with Gasteiger partial charge in [0.25, 0.3) is 5.56 Å². The van der Waals surface area contributed by atoms with Crippen LogP contribution in [0.25, 0.3) is 11.1 Å². The van der Waals surface area contributed by atoms with Crippen LogP contribution in [0, 0.1) is 0 Å². The number of methoxy groups -OCH3 is 1. The first kappa shape index (κ1) is 21.0. The van der Waals surface area contributed by atoms with E-state index >= 15 is 0 Å². The average molecular weight is 392 g/mol. The van der Waals surface area contributed by atoms with Gasteiger partial charge in [0.15, 0.2) is 0 Å². The second-order valence-corrected chi connectivity index (χ2v) is 7.21. The summed E-state index contributed by atoms with van der Waals surface area (Å²) in [5.74, 6) is 0. The number of hydrogen-bond donors (Lipinski definition) is 0. The fraction of sp³-hybridized carbons (Fsp3) is 0.333. The van der Waals surface area contributed by atoms with Crippen molar-refractivity contribution >= 4 is 0 Å². The molecule has 152 valence electrons. The second-order valence-electron chi connectivity index (χ2n) is 7.21. The number of unbranched alkanes of at least 4 members (excludes halogenated alkanes) is 1. The van der Waals surface area contributed by atoms with Crippen molar-refractivity contribution in [3.8, 4) is 11.1 Å². The third-order valence-electron chi connectivity index (χ3n) is 5.17. The van der Waals surface area contributed by atoms with Crippen LogP contribution in [0.3, 0.4) is 0 Å². The molecular weight excluding hydrogens is 362 g/mol. The summed E-state index contributed by atoms with van der Waals surface area (Å²) in [6, 6.07) is 22.2. The van der Waals surface area contributed by atoms with Crippen LogP contribution >= 0.6 is 0 Å². The molecule has 0 bridgehead atoms. The summed E-state index contributed by atoms with van der Waals surface area (Å²) in [5.41, 5.74) is 2.85. The minimum atomic E-state index is -0.0337. The number of likely N-dealkylation sites (N-methyl/N-ethyl adjacent to an activating group) is 1. The van der Waals surface area contributed by atoms with Crippen molar-refractivity contribution in [3.05, 3.63) is 88.8 Å². The van der Waals surface area contributed by atoms with Crippen LogP contribution in [0.15, 0.2) is 77.7 Å². The maximum atomic E-state index is 12.7. The molecule has 5 nitrogen and oxygen atoms in total. The lowest BCUT2D eigenvalue weighted by Crippen LogP contribution is -2.29. The standard InChI is InChI=1S/C24H29N3O2/c1-26(23(19-29-2)21-13-7-4-8-14-21)17-9-10-18-27-24(28)22(15-16-25-27)20-11-5-3-6-12-20/h3-8,11-16,23H,9-10,17-19H2,1-2H3. The zero-order valence-corrected chi connectivity index (χ0v) is 17.2. The molecular formula is C24H29N3O2. The van der Waals surface area contributed by atoms with Gasteiger partial charge >= 0.3 is 0 Å². The van der Waals surface area contributed by atoms with Gasteiger partial charge in [-0.15, -0.1) is 0 Å². The van der Waals surface area contributed by atoms with Gasteiger partial charge in [-0.3, -0.25) is 9.69 Å². The Hall–Kier alpha value is -2.76. The molecule has 0 spiro atoms. The topological polar surface area (TPSA) is 47.4 Å². The van der Waals surface area contributed by atoms with Crippen molar-refractivity contribution in [2.24, 2.45) is 0 Å². The Kier molecular flexibility index (Phi) is 7.73. The summed E-state index contributed by atoms with van der Waals surface area (Å²) in [5, 5.41) is 4.26. The fourth-order valence-corrected chi connectivity index (χ4v) is 3.54. The number of ether oxygens (including phenoxy) is 1. The lowest BCUT2D eigenvalue weighted by Gasteiger charge is -2.28. The molecule has 1 atom stereocenters. The van der Waals surface area contributed by atoms with Gasteiger partial charge in [-0.05, 0) is 43.6 Å². The predicted octanol–water partition coefficient (Wildman–Crippen LogP) is 4.01. The highest BCUT2D eigenvalue weighted by Crippen LogP contribution is 2.20. The van der Waals surface area contributed by atoms with Crippen LogP contribution in [-0.4, -0.2) is 42.0 Å². The molecule has 3 rings (SSSR count). The molecule has 0 aliphatic carbocycles. The Balaban J connectivity index is 1.57. The number of hydrogen-bond acceptors (Lipinski definition) is 4. The molecule has 0 fully saturated rings. The molecule has 5 heteroatoms. The third kappa shape index (κ3) is 5.62. The third-order valence-corrected chi connectivity index (χ3v) is 5.17. The Morgan fingerprint density at radius 3 is 2.38 bits per heavy atom. The number of aromatic nitrogens is 2. The van der Waals surface area contributed by atoms with Crippen molar-refractivity contribution < 1.29 is 4.74 Å². The molecule has 29 heavy (non-hydrogen) atoms. The van der Waals surface area contributed by atoms with Gasteiger partial charge in [0.1, 0.15) is 0 Å². The molecule has 1 unspecified atom stereocenters. The van der Waals surface area contributed by atoms with E-state index in [0.29, 0.717) is 18.7 Å². The number of nitrogens with zero attached hydrogens (tertiary/aromatic N) is 3. The number of benzene rings is 2. The van der Waals surface area contributed by atoms with Gasteiger partial charge in [0, 0.05) is 19.9 Å². The summed E-state index contributed by atoms with van der Waals surface area (Å²) in [7, 11) is 3.86. The van der Waals surface area contributed by atoms with Crippen LogP contribution in [-0.2, 0) is 11.3 Å². The first-order chi connectivity index (χ1) is 14.2. The van der Waals surface area contributed by atoms with Gasteiger partial charge < -0.3 is 4.74 Å². The van der Waals surface area contributed by atoms with Gasteiger partial charge in [-0.2, -0.15) is 5.10 Å². The Morgan fingerprint density at radius 2 is 1.69 bits per heavy atom. The van der Waals surface area contributed by atoms with E-state index in [9.17, 15) is 4.79 Å². The van der Waals surface area contributed by atoms with Crippen molar-refractivity contribution in [2.45, 2.75) is 25.4 Å². The normalized spacial score (nSPS) is 12.2. The highest BCUT2D eigenvalue weighted by Gasteiger charge is 2.16. The molecule has 0 radical (unpaired) electrons. The minimum absolute atomic E-state index is 0.0337. The average Bonchev–Trinajstić information content (AvgIpc) is 2.77. The van der Waals surface area contributed by atoms with Crippen molar-refractivity contribution in [2.75, 3.05) is 27.3 Å². The van der Waals surface area contributed by atoms with E-state index < -0.39 is 0 Å². The van der Waals surface area contributed by atoms with Crippen molar-refractivity contribution in [1.82, 2.24) is 14.7 Å². The first-order valence-electron chi connectivity index (χ1n) is 10.1. The molecule has 2 aromatic carbocycles. The van der Waals surface area contributed by atoms with Crippen LogP contribution in [0.2, 0.25) is 0 Å². The molecule has 1 heterocycles. The quantitative estimate of drug-likeness (QED) is 0.490. The minimum Gasteiger partial charge on any atom is -0.383 e. The summed E-state index contributed by atoms with van der Waals surface area (Å²) < 4.78 is 7.00. The Bertz CT molecular complexity index is 926. The van der Waals surface area contributed by atoms with E-state index in [0.717, 1.165) is 24.9 Å². The summed E-state index contributed by atoms with van der Waals surface area (Å²) in [6.45, 7) is 2.20. The van der Waals surface area contributed by atoms with Gasteiger partial charge in [-0.1, -0.05) is 60.7 Å². The molecule has 0 aliphatic heterocycles. The van der Waals surface area contributed by atoms with Crippen molar-refractivity contribution in [3.63, 3.8) is 0 Å². The van der Waals surface area contributed by atoms with E-state index in [-0.39, 0.29) is 11.6 Å². The number of aryl methyl sites for hydroxylation is 1. The Labute approximate surface area is 172 Å². The Morgan fingerprint density at radius 1 is 1.00 bits per heavy atom. The lowest BCUT2D eigenvalue weighted by atomic mass is 10.1. The van der Waals surface area contributed by atoms with E-state index in [1.165, 1.54) is 5.56 Å². The van der Waals surface area contributed by atoms with E-state index in [4.69, 9.17) is 4.74 Å². The zero-order chi connectivity index (χ0) is 20.5. The summed E-state index contributed by atoms with van der Waals surface area (Å²) in [6.07, 6.45) is 3.58. The van der Waals surface area contributed by atoms with Crippen LogP contribution in [0.4, 0.5) is 0 Å². The summed E-state index contributed by atoms with van der Waals surface area (Å²) in [4.78, 5) is 15.1. The molecule has 0 saturated carbocycles. The number of rotatable bonds is 10. The predicted molar refractivity (Wildman–Crippen MR) is 117 cm³/mol. The molecule has 0 amide bonds.